The molecule has 0 spiro atoms. The van der Waals surface area contributed by atoms with Crippen LogP contribution < -0.4 is 15.0 Å². The van der Waals surface area contributed by atoms with E-state index in [1.807, 2.05) is 26.0 Å². The van der Waals surface area contributed by atoms with Crippen molar-refractivity contribution in [1.29, 1.82) is 0 Å². The number of rotatable bonds is 5. The van der Waals surface area contributed by atoms with Crippen LogP contribution in [0.15, 0.2) is 48.6 Å². The van der Waals surface area contributed by atoms with E-state index < -0.39 is 11.8 Å². The van der Waals surface area contributed by atoms with Crippen molar-refractivity contribution >= 4 is 40.9 Å². The number of benzene rings is 2. The van der Waals surface area contributed by atoms with Crippen molar-refractivity contribution < 1.29 is 19.4 Å². The molecule has 2 aromatic rings. The molecule has 1 aliphatic rings. The molecule has 1 saturated heterocycles. The first-order valence-electron chi connectivity index (χ1n) is 9.26. The number of nitrogens with one attached hydrogen (secondary N) is 1. The molecule has 2 amide bonds. The van der Waals surface area contributed by atoms with Gasteiger partial charge in [0.05, 0.1) is 12.8 Å². The summed E-state index contributed by atoms with van der Waals surface area (Å²) >= 11 is 5.27. The van der Waals surface area contributed by atoms with Crippen molar-refractivity contribution in [3.05, 3.63) is 70.8 Å². The van der Waals surface area contributed by atoms with Crippen LogP contribution in [-0.2, 0) is 16.0 Å². The van der Waals surface area contributed by atoms with Gasteiger partial charge in [-0.25, -0.2) is 0 Å². The zero-order valence-corrected chi connectivity index (χ0v) is 17.8. The number of hydrogen-bond donors (Lipinski definition) is 2. The molecule has 0 bridgehead atoms. The second kappa shape index (κ2) is 8.51. The fraction of sp³-hybridized carbons (Fsp3) is 0.174. The van der Waals surface area contributed by atoms with Crippen LogP contribution in [0.3, 0.4) is 0 Å². The normalized spacial score (nSPS) is 15.4. The fourth-order valence-electron chi connectivity index (χ4n) is 3.34. The van der Waals surface area contributed by atoms with Crippen LogP contribution in [0.2, 0.25) is 0 Å². The molecule has 1 aliphatic heterocycles. The first kappa shape index (κ1) is 21.3. The summed E-state index contributed by atoms with van der Waals surface area (Å²) in [4.78, 5) is 27.1. The zero-order valence-electron chi connectivity index (χ0n) is 17.0. The molecule has 3 rings (SSSR count). The van der Waals surface area contributed by atoms with Crippen LogP contribution >= 0.6 is 12.2 Å². The molecule has 0 unspecified atom stereocenters. The van der Waals surface area contributed by atoms with E-state index >= 15 is 0 Å². The number of ether oxygens (including phenoxy) is 1. The Kier molecular flexibility index (Phi) is 6.03. The Morgan fingerprint density at radius 1 is 1.23 bits per heavy atom. The van der Waals surface area contributed by atoms with Gasteiger partial charge in [-0.3, -0.25) is 19.8 Å². The van der Waals surface area contributed by atoms with Crippen molar-refractivity contribution in [2.45, 2.75) is 20.3 Å². The number of hydrogen-bond acceptors (Lipinski definition) is 5. The number of phenolic OH excluding ortho intramolecular Hbond substituents is 1. The van der Waals surface area contributed by atoms with Crippen LogP contribution in [0.25, 0.3) is 6.08 Å². The van der Waals surface area contributed by atoms with Crippen LogP contribution in [-0.4, -0.2) is 29.1 Å². The lowest BCUT2D eigenvalue weighted by atomic mass is 10.0. The summed E-state index contributed by atoms with van der Waals surface area (Å²) in [6, 6.07) is 8.86. The molecule has 0 aromatic heterocycles. The topological polar surface area (TPSA) is 78.9 Å². The molecule has 30 heavy (non-hydrogen) atoms. The third-order valence-corrected chi connectivity index (χ3v) is 5.05. The van der Waals surface area contributed by atoms with E-state index in [0.717, 1.165) is 11.1 Å². The molecule has 7 heteroatoms. The van der Waals surface area contributed by atoms with Gasteiger partial charge in [0.15, 0.2) is 16.6 Å². The summed E-state index contributed by atoms with van der Waals surface area (Å²) in [6.45, 7) is 7.52. The number of anilines is 1. The lowest BCUT2D eigenvalue weighted by molar-refractivity contribution is -0.122. The Hall–Kier alpha value is -3.45. The second-order valence-corrected chi connectivity index (χ2v) is 7.36. The van der Waals surface area contributed by atoms with Crippen molar-refractivity contribution in [2.24, 2.45) is 0 Å². The van der Waals surface area contributed by atoms with E-state index in [4.69, 9.17) is 17.0 Å². The van der Waals surface area contributed by atoms with Gasteiger partial charge in [0.2, 0.25) is 0 Å². The lowest BCUT2D eigenvalue weighted by Gasteiger charge is -2.30. The number of nitrogens with zero attached hydrogens (tertiary/aromatic N) is 1. The van der Waals surface area contributed by atoms with E-state index in [1.54, 1.807) is 24.3 Å². The summed E-state index contributed by atoms with van der Waals surface area (Å²) in [6.07, 6.45) is 3.51. The third kappa shape index (κ3) is 3.97. The summed E-state index contributed by atoms with van der Waals surface area (Å²) < 4.78 is 5.22. The predicted molar refractivity (Wildman–Crippen MR) is 121 cm³/mol. The Morgan fingerprint density at radius 2 is 1.97 bits per heavy atom. The molecule has 1 fully saturated rings. The number of allylic oxidation sites excluding steroid dienone is 1. The number of thiocarbonyl (C=S) groups is 1. The van der Waals surface area contributed by atoms with Crippen LogP contribution in [0.1, 0.15) is 22.3 Å². The quantitative estimate of drug-likeness (QED) is 0.333. The summed E-state index contributed by atoms with van der Waals surface area (Å²) in [5, 5.41) is 12.9. The Bertz CT molecular complexity index is 1100. The molecule has 2 N–H and O–H groups in total. The molecule has 154 valence electrons. The van der Waals surface area contributed by atoms with E-state index in [-0.39, 0.29) is 22.2 Å². The third-order valence-electron chi connectivity index (χ3n) is 4.77. The van der Waals surface area contributed by atoms with Gasteiger partial charge in [0.1, 0.15) is 5.57 Å². The minimum absolute atomic E-state index is 0.00273. The van der Waals surface area contributed by atoms with Crippen LogP contribution in [0, 0.1) is 13.8 Å². The average molecular weight is 423 g/mol. The van der Waals surface area contributed by atoms with Gasteiger partial charge in [-0.15, -0.1) is 6.58 Å². The maximum absolute atomic E-state index is 13.2. The molecule has 0 aliphatic carbocycles. The van der Waals surface area contributed by atoms with Gasteiger partial charge in [-0.05, 0) is 67.9 Å². The van der Waals surface area contributed by atoms with Crippen LogP contribution in [0.4, 0.5) is 5.69 Å². The zero-order chi connectivity index (χ0) is 22.0. The molecule has 0 saturated carbocycles. The highest BCUT2D eigenvalue weighted by molar-refractivity contribution is 7.80. The summed E-state index contributed by atoms with van der Waals surface area (Å²) in [7, 11) is 1.43. The van der Waals surface area contributed by atoms with E-state index in [0.29, 0.717) is 23.2 Å². The maximum atomic E-state index is 13.2. The van der Waals surface area contributed by atoms with Gasteiger partial charge in [0.25, 0.3) is 11.8 Å². The van der Waals surface area contributed by atoms with Gasteiger partial charge in [-0.1, -0.05) is 23.8 Å². The summed E-state index contributed by atoms with van der Waals surface area (Å²) in [5.74, 6) is -0.861. The Balaban J connectivity index is 2.09. The number of carbonyl (C=O) groups excluding carboxylic acids is 2. The number of amides is 2. The monoisotopic (exact) mass is 422 g/mol. The average Bonchev–Trinajstić information content (AvgIpc) is 2.69. The molecular formula is C23H22N2O4S. The molecule has 1 heterocycles. The highest BCUT2D eigenvalue weighted by atomic mass is 32.1. The van der Waals surface area contributed by atoms with Crippen molar-refractivity contribution in [3.8, 4) is 11.5 Å². The fourth-order valence-corrected chi connectivity index (χ4v) is 3.61. The first-order valence-corrected chi connectivity index (χ1v) is 9.67. The highest BCUT2D eigenvalue weighted by Crippen LogP contribution is 2.33. The van der Waals surface area contributed by atoms with E-state index in [2.05, 4.69) is 11.9 Å². The minimum Gasteiger partial charge on any atom is -0.504 e. The van der Waals surface area contributed by atoms with Crippen molar-refractivity contribution in [1.82, 2.24) is 5.32 Å². The van der Waals surface area contributed by atoms with E-state index in [9.17, 15) is 14.7 Å². The number of aryl methyl sites for hydroxylation is 2. The molecular weight excluding hydrogens is 400 g/mol. The van der Waals surface area contributed by atoms with Crippen molar-refractivity contribution in [2.75, 3.05) is 12.0 Å². The molecule has 0 radical (unpaired) electrons. The standard InChI is InChI=1S/C23H22N2O4S/c1-5-6-16-10-15(12-19(29-4)20(16)26)11-17-21(27)24-23(30)25(22(17)28)18-8-7-13(2)9-14(18)3/h5,7-12,26H,1,6H2,2-4H3,(H,24,27,30). The maximum Gasteiger partial charge on any atom is 0.270 e. The number of phenols is 1. The van der Waals surface area contributed by atoms with Crippen LogP contribution in [0.5, 0.6) is 11.5 Å². The summed E-state index contributed by atoms with van der Waals surface area (Å²) in [5.41, 5.74) is 3.56. The van der Waals surface area contributed by atoms with Gasteiger partial charge in [0, 0.05) is 5.56 Å². The molecule has 2 aromatic carbocycles. The SMILES string of the molecule is C=CCc1cc(C=C2C(=O)NC(=S)N(c3ccc(C)cc3C)C2=O)cc(OC)c1O. The Labute approximate surface area is 180 Å². The molecule has 0 atom stereocenters. The second-order valence-electron chi connectivity index (χ2n) is 6.97. The van der Waals surface area contributed by atoms with Gasteiger partial charge < -0.3 is 9.84 Å². The first-order chi connectivity index (χ1) is 14.3. The number of carbonyl (C=O) groups is 2. The smallest absolute Gasteiger partial charge is 0.270 e. The lowest BCUT2D eigenvalue weighted by Crippen LogP contribution is -2.54. The van der Waals surface area contributed by atoms with Gasteiger partial charge >= 0.3 is 0 Å². The van der Waals surface area contributed by atoms with E-state index in [1.165, 1.54) is 18.1 Å². The largest absolute Gasteiger partial charge is 0.504 e. The van der Waals surface area contributed by atoms with Gasteiger partial charge in [-0.2, -0.15) is 0 Å². The number of methoxy groups -OCH3 is 1. The predicted octanol–water partition coefficient (Wildman–Crippen LogP) is 3.58. The highest BCUT2D eigenvalue weighted by Gasteiger charge is 2.35. The minimum atomic E-state index is -0.580. The van der Waals surface area contributed by atoms with Crippen molar-refractivity contribution in [3.63, 3.8) is 0 Å². The number of aromatic hydroxyl groups is 1. The molecule has 6 nitrogen and oxygen atoms in total. The Morgan fingerprint density at radius 3 is 2.60 bits per heavy atom.